The van der Waals surface area contributed by atoms with Crippen molar-refractivity contribution in [1.29, 1.82) is 0 Å². The van der Waals surface area contributed by atoms with Crippen LogP contribution >= 0.6 is 0 Å². The summed E-state index contributed by atoms with van der Waals surface area (Å²) in [4.78, 5) is 13.1. The molecule has 1 spiro atoms. The molecule has 17 heavy (non-hydrogen) atoms. The number of nitrogens with zero attached hydrogens (tertiary/aromatic N) is 1. The van der Waals surface area contributed by atoms with Crippen LogP contribution in [0, 0.1) is 11.3 Å². The maximum Gasteiger partial charge on any atom is 0.320 e. The number of aliphatic hydroxyl groups is 1. The lowest BCUT2D eigenvalue weighted by molar-refractivity contribution is -0.142. The standard InChI is InChI=1S/C13H23NO3/c1-10(12(16)17)14-7-11(8-15)13(9-14)5-3-2-4-6-13/h10-11,15H,2-9H2,1H3,(H,16,17)/t10-,11+/m0/s1. The van der Waals surface area contributed by atoms with Gasteiger partial charge in [0.1, 0.15) is 6.04 Å². The van der Waals surface area contributed by atoms with Gasteiger partial charge in [-0.2, -0.15) is 0 Å². The Balaban J connectivity index is 2.10. The molecule has 1 aliphatic heterocycles. The van der Waals surface area contributed by atoms with Gasteiger partial charge in [-0.05, 0) is 25.2 Å². The number of aliphatic hydroxyl groups excluding tert-OH is 1. The zero-order valence-electron chi connectivity index (χ0n) is 10.6. The maximum absolute atomic E-state index is 11.0. The lowest BCUT2D eigenvalue weighted by Crippen LogP contribution is -2.39. The first kappa shape index (κ1) is 12.8. The van der Waals surface area contributed by atoms with Gasteiger partial charge in [-0.1, -0.05) is 19.3 Å². The number of carboxylic acids is 1. The molecule has 4 heteroatoms. The first-order chi connectivity index (χ1) is 8.09. The monoisotopic (exact) mass is 241 g/mol. The average Bonchev–Trinajstić information content (AvgIpc) is 2.67. The van der Waals surface area contributed by atoms with E-state index < -0.39 is 12.0 Å². The number of carbonyl (C=O) groups is 1. The summed E-state index contributed by atoms with van der Waals surface area (Å²) < 4.78 is 0. The molecule has 2 fully saturated rings. The molecule has 0 unspecified atom stereocenters. The fraction of sp³-hybridized carbons (Fsp3) is 0.923. The molecule has 98 valence electrons. The smallest absolute Gasteiger partial charge is 0.320 e. The Morgan fingerprint density at radius 3 is 2.59 bits per heavy atom. The molecule has 2 rings (SSSR count). The molecular formula is C13H23NO3. The van der Waals surface area contributed by atoms with Gasteiger partial charge in [-0.15, -0.1) is 0 Å². The maximum atomic E-state index is 11.0. The zero-order chi connectivity index (χ0) is 12.5. The minimum Gasteiger partial charge on any atom is -0.480 e. The second-order valence-electron chi connectivity index (χ2n) is 5.75. The number of aliphatic carboxylic acids is 1. The molecule has 1 aliphatic carbocycles. The Hall–Kier alpha value is -0.610. The van der Waals surface area contributed by atoms with Crippen LogP contribution < -0.4 is 0 Å². The van der Waals surface area contributed by atoms with Gasteiger partial charge < -0.3 is 10.2 Å². The van der Waals surface area contributed by atoms with Gasteiger partial charge >= 0.3 is 5.97 Å². The van der Waals surface area contributed by atoms with Crippen molar-refractivity contribution >= 4 is 5.97 Å². The molecule has 4 nitrogen and oxygen atoms in total. The van der Waals surface area contributed by atoms with Gasteiger partial charge in [-0.3, -0.25) is 9.69 Å². The van der Waals surface area contributed by atoms with Crippen molar-refractivity contribution in [3.8, 4) is 0 Å². The fourth-order valence-corrected chi connectivity index (χ4v) is 3.60. The van der Waals surface area contributed by atoms with Crippen LogP contribution in [0.15, 0.2) is 0 Å². The highest BCUT2D eigenvalue weighted by atomic mass is 16.4. The van der Waals surface area contributed by atoms with Gasteiger partial charge in [0.25, 0.3) is 0 Å². The minimum atomic E-state index is -0.755. The summed E-state index contributed by atoms with van der Waals surface area (Å²) in [6.45, 7) is 3.54. The second kappa shape index (κ2) is 4.94. The summed E-state index contributed by atoms with van der Waals surface area (Å²) in [5.74, 6) is -0.487. The lowest BCUT2D eigenvalue weighted by atomic mass is 9.68. The van der Waals surface area contributed by atoms with Crippen LogP contribution in [0.4, 0.5) is 0 Å². The van der Waals surface area contributed by atoms with Gasteiger partial charge in [0.2, 0.25) is 0 Å². The molecule has 1 saturated heterocycles. The SMILES string of the molecule is C[C@@H](C(=O)O)N1C[C@H](CO)C2(CCCCC2)C1. The van der Waals surface area contributed by atoms with Gasteiger partial charge in [0.05, 0.1) is 0 Å². The van der Waals surface area contributed by atoms with E-state index >= 15 is 0 Å². The number of rotatable bonds is 3. The molecule has 0 aromatic heterocycles. The lowest BCUT2D eigenvalue weighted by Gasteiger charge is -2.37. The highest BCUT2D eigenvalue weighted by molar-refractivity contribution is 5.72. The Kier molecular flexibility index (Phi) is 3.73. The highest BCUT2D eigenvalue weighted by Gasteiger charge is 2.48. The van der Waals surface area contributed by atoms with Gasteiger partial charge in [-0.25, -0.2) is 0 Å². The zero-order valence-corrected chi connectivity index (χ0v) is 10.6. The summed E-state index contributed by atoms with van der Waals surface area (Å²) in [5, 5.41) is 18.6. The summed E-state index contributed by atoms with van der Waals surface area (Å²) >= 11 is 0. The second-order valence-corrected chi connectivity index (χ2v) is 5.75. The average molecular weight is 241 g/mol. The van der Waals surface area contributed by atoms with Crippen LogP contribution in [-0.2, 0) is 4.79 Å². The van der Waals surface area contributed by atoms with Crippen LogP contribution in [0.3, 0.4) is 0 Å². The summed E-state index contributed by atoms with van der Waals surface area (Å²) in [6, 6.07) is -0.426. The van der Waals surface area contributed by atoms with Crippen LogP contribution in [-0.4, -0.2) is 46.8 Å². The van der Waals surface area contributed by atoms with Crippen molar-refractivity contribution in [3.63, 3.8) is 0 Å². The van der Waals surface area contributed by atoms with Gasteiger partial charge in [0, 0.05) is 25.6 Å². The Bertz CT molecular complexity index is 286. The highest BCUT2D eigenvalue weighted by Crippen LogP contribution is 2.47. The van der Waals surface area contributed by atoms with Crippen LogP contribution in [0.25, 0.3) is 0 Å². The normalized spacial score (nSPS) is 30.6. The third-order valence-electron chi connectivity index (χ3n) is 4.81. The van der Waals surface area contributed by atoms with Crippen LogP contribution in [0.5, 0.6) is 0 Å². The third-order valence-corrected chi connectivity index (χ3v) is 4.81. The Labute approximate surface area is 103 Å². The fourth-order valence-electron chi connectivity index (χ4n) is 3.60. The van der Waals surface area contributed by atoms with E-state index in [0.717, 1.165) is 25.9 Å². The first-order valence-corrected chi connectivity index (χ1v) is 6.67. The first-order valence-electron chi connectivity index (χ1n) is 6.67. The number of likely N-dealkylation sites (tertiary alicyclic amines) is 1. The number of hydrogen-bond donors (Lipinski definition) is 2. The molecular weight excluding hydrogens is 218 g/mol. The van der Waals surface area contributed by atoms with E-state index in [1.165, 1.54) is 19.3 Å². The van der Waals surface area contributed by atoms with E-state index in [1.54, 1.807) is 6.92 Å². The van der Waals surface area contributed by atoms with Crippen molar-refractivity contribution in [3.05, 3.63) is 0 Å². The number of carboxylic acid groups (broad SMARTS) is 1. The third kappa shape index (κ3) is 2.33. The van der Waals surface area contributed by atoms with Crippen molar-refractivity contribution in [2.45, 2.75) is 45.1 Å². The van der Waals surface area contributed by atoms with Crippen molar-refractivity contribution in [2.75, 3.05) is 19.7 Å². The molecule has 2 atom stereocenters. The predicted molar refractivity (Wildman–Crippen MR) is 64.8 cm³/mol. The van der Waals surface area contributed by atoms with E-state index in [4.69, 9.17) is 5.11 Å². The van der Waals surface area contributed by atoms with E-state index in [2.05, 4.69) is 0 Å². The van der Waals surface area contributed by atoms with E-state index in [9.17, 15) is 9.90 Å². The molecule has 2 N–H and O–H groups in total. The summed E-state index contributed by atoms with van der Waals surface area (Å²) in [5.41, 5.74) is 0.191. The minimum absolute atomic E-state index is 0.191. The van der Waals surface area contributed by atoms with Crippen LogP contribution in [0.2, 0.25) is 0 Å². The van der Waals surface area contributed by atoms with Crippen molar-refractivity contribution < 1.29 is 15.0 Å². The van der Waals surface area contributed by atoms with Crippen LogP contribution in [0.1, 0.15) is 39.0 Å². The summed E-state index contributed by atoms with van der Waals surface area (Å²) in [7, 11) is 0. The molecule has 2 aliphatic rings. The predicted octanol–water partition coefficient (Wildman–Crippen LogP) is 1.33. The van der Waals surface area contributed by atoms with Crippen molar-refractivity contribution in [2.24, 2.45) is 11.3 Å². The van der Waals surface area contributed by atoms with E-state index in [-0.39, 0.29) is 17.9 Å². The van der Waals surface area contributed by atoms with Crippen molar-refractivity contribution in [1.82, 2.24) is 4.90 Å². The summed E-state index contributed by atoms with van der Waals surface area (Å²) in [6.07, 6.45) is 6.05. The quantitative estimate of drug-likeness (QED) is 0.782. The molecule has 0 bridgehead atoms. The van der Waals surface area contributed by atoms with Gasteiger partial charge in [0.15, 0.2) is 0 Å². The molecule has 0 amide bonds. The molecule has 0 aromatic carbocycles. The Morgan fingerprint density at radius 2 is 2.06 bits per heavy atom. The van der Waals surface area contributed by atoms with E-state index in [1.807, 2.05) is 4.90 Å². The molecule has 1 saturated carbocycles. The topological polar surface area (TPSA) is 60.8 Å². The Morgan fingerprint density at radius 1 is 1.41 bits per heavy atom. The largest absolute Gasteiger partial charge is 0.480 e. The van der Waals surface area contributed by atoms with E-state index in [0.29, 0.717) is 0 Å². The number of hydrogen-bond acceptors (Lipinski definition) is 3. The molecule has 0 aromatic rings. The molecule has 1 heterocycles. The molecule has 0 radical (unpaired) electrons.